The van der Waals surface area contributed by atoms with Crippen LogP contribution in [0.1, 0.15) is 58.0 Å². The van der Waals surface area contributed by atoms with Crippen molar-refractivity contribution in [2.75, 3.05) is 44.4 Å². The van der Waals surface area contributed by atoms with Crippen LogP contribution < -0.4 is 4.90 Å². The van der Waals surface area contributed by atoms with Gasteiger partial charge >= 0.3 is 12.3 Å². The third-order valence-electron chi connectivity index (χ3n) is 9.40. The maximum absolute atomic E-state index is 15.0. The fourth-order valence-electron chi connectivity index (χ4n) is 6.66. The van der Waals surface area contributed by atoms with Crippen LogP contribution in [0, 0.1) is 6.92 Å². The summed E-state index contributed by atoms with van der Waals surface area (Å²) in [6.45, 7) is 19.0. The molecular formula is C35H50F3N9O4Si. The second-order valence-electron chi connectivity index (χ2n) is 16.0. The Labute approximate surface area is 303 Å². The Morgan fingerprint density at radius 3 is 2.46 bits per heavy atom. The molecule has 6 heterocycles. The highest BCUT2D eigenvalue weighted by molar-refractivity contribution is 6.76. The van der Waals surface area contributed by atoms with Gasteiger partial charge in [0, 0.05) is 68.8 Å². The molecule has 4 aromatic rings. The largest absolute Gasteiger partial charge is 0.444 e. The number of fused-ring (bicyclic) bond motifs is 1. The van der Waals surface area contributed by atoms with Crippen LogP contribution in [0.25, 0.3) is 28.0 Å². The molecule has 1 atom stereocenters. The number of rotatable bonds is 9. The van der Waals surface area contributed by atoms with E-state index < -0.39 is 31.6 Å². The predicted molar refractivity (Wildman–Crippen MR) is 193 cm³/mol. The fraction of sp³-hybridized carbons (Fsp3) is 0.629. The van der Waals surface area contributed by atoms with Crippen molar-refractivity contribution in [3.05, 3.63) is 35.9 Å². The Hall–Kier alpha value is -3.96. The number of carbonyl (C=O) groups is 1. The molecule has 2 aliphatic heterocycles. The van der Waals surface area contributed by atoms with Gasteiger partial charge in [-0.25, -0.2) is 14.5 Å². The number of nitrogens with zero attached hydrogens (tertiary/aromatic N) is 9. The molecule has 2 saturated heterocycles. The summed E-state index contributed by atoms with van der Waals surface area (Å²) < 4.78 is 66.7. The molecule has 0 N–H and O–H groups in total. The first-order valence-corrected chi connectivity index (χ1v) is 21.6. The van der Waals surface area contributed by atoms with Gasteiger partial charge < -0.3 is 24.0 Å². The molecule has 0 saturated carbocycles. The van der Waals surface area contributed by atoms with Crippen LogP contribution in [0.4, 0.5) is 23.8 Å². The number of amides is 1. The fourth-order valence-corrected chi connectivity index (χ4v) is 7.42. The van der Waals surface area contributed by atoms with Crippen LogP contribution >= 0.6 is 0 Å². The first kappa shape index (κ1) is 37.8. The van der Waals surface area contributed by atoms with Crippen LogP contribution in [-0.4, -0.2) is 104 Å². The Bertz CT molecular complexity index is 1880. The van der Waals surface area contributed by atoms with Crippen molar-refractivity contribution in [1.29, 1.82) is 0 Å². The molecule has 0 radical (unpaired) electrons. The van der Waals surface area contributed by atoms with E-state index in [2.05, 4.69) is 34.9 Å². The maximum Gasteiger partial charge on any atom is 0.435 e. The zero-order valence-corrected chi connectivity index (χ0v) is 32.3. The molecule has 284 valence electrons. The van der Waals surface area contributed by atoms with Crippen molar-refractivity contribution in [1.82, 2.24) is 39.2 Å². The lowest BCUT2D eigenvalue weighted by Crippen LogP contribution is -2.44. The Morgan fingerprint density at radius 2 is 1.81 bits per heavy atom. The lowest BCUT2D eigenvalue weighted by atomic mass is 9.99. The number of halogens is 3. The van der Waals surface area contributed by atoms with Crippen molar-refractivity contribution < 1.29 is 32.2 Å². The van der Waals surface area contributed by atoms with Gasteiger partial charge in [-0.15, -0.1) is 0 Å². The standard InChI is InChI=1S/C35H50F3N9O4Si/c1-23-21-49-16-15-45(23)29-19-26(27-20-39-47(32(27)40-29)28-11-14-44(41-28)22-50-17-18-52(6,7)8)30-24(2)46(42-31(30)35(36,37)38)25-9-12-43(13-10-25)33(48)51-34(3,4)5/h11,14,19-20,23,25H,9-10,12-13,15-18,21-22H2,1-8H3/t23-/m1/s1. The summed E-state index contributed by atoms with van der Waals surface area (Å²) >= 11 is 0. The van der Waals surface area contributed by atoms with E-state index in [9.17, 15) is 18.0 Å². The number of hydrogen-bond acceptors (Lipinski definition) is 9. The molecule has 17 heteroatoms. The minimum absolute atomic E-state index is 0.0162. The van der Waals surface area contributed by atoms with Crippen LogP contribution in [-0.2, 0) is 27.1 Å². The van der Waals surface area contributed by atoms with E-state index in [1.165, 1.54) is 4.68 Å². The molecular weight excluding hydrogens is 696 g/mol. The predicted octanol–water partition coefficient (Wildman–Crippen LogP) is 6.92. The summed E-state index contributed by atoms with van der Waals surface area (Å²) in [4.78, 5) is 21.3. The van der Waals surface area contributed by atoms with Crippen molar-refractivity contribution in [3.63, 3.8) is 0 Å². The lowest BCUT2D eigenvalue weighted by molar-refractivity contribution is -0.141. The van der Waals surface area contributed by atoms with Gasteiger partial charge in [-0.1, -0.05) is 19.6 Å². The minimum Gasteiger partial charge on any atom is -0.444 e. The second kappa shape index (κ2) is 14.5. The quantitative estimate of drug-likeness (QED) is 0.133. The summed E-state index contributed by atoms with van der Waals surface area (Å²) in [6, 6.07) is 4.13. The van der Waals surface area contributed by atoms with Gasteiger partial charge in [0.1, 0.15) is 18.1 Å². The van der Waals surface area contributed by atoms with Gasteiger partial charge in [0.25, 0.3) is 0 Å². The van der Waals surface area contributed by atoms with Gasteiger partial charge in [0.05, 0.1) is 31.5 Å². The molecule has 1 amide bonds. The normalized spacial score (nSPS) is 18.1. The SMILES string of the molecule is Cc1c(-c2cc(N3CCOC[C@H]3C)nc3c2cnn3-c2ccn(COCC[Si](C)(C)C)n2)c(C(F)(F)F)nn1C1CCN(C(=O)OC(C)(C)C)CC1. The van der Waals surface area contributed by atoms with E-state index >= 15 is 0 Å². The number of hydrogen-bond donors (Lipinski definition) is 0. The highest BCUT2D eigenvalue weighted by Crippen LogP contribution is 2.43. The highest BCUT2D eigenvalue weighted by Gasteiger charge is 2.41. The molecule has 2 fully saturated rings. The van der Waals surface area contributed by atoms with E-state index in [-0.39, 0.29) is 24.4 Å². The van der Waals surface area contributed by atoms with Crippen LogP contribution in [0.3, 0.4) is 0 Å². The molecule has 4 aromatic heterocycles. The van der Waals surface area contributed by atoms with E-state index in [1.807, 2.05) is 11.8 Å². The van der Waals surface area contributed by atoms with Crippen LogP contribution in [0.2, 0.25) is 25.7 Å². The zero-order valence-electron chi connectivity index (χ0n) is 31.3. The van der Waals surface area contributed by atoms with E-state index in [0.29, 0.717) is 86.2 Å². The highest BCUT2D eigenvalue weighted by atomic mass is 28.3. The molecule has 2 aliphatic rings. The number of anilines is 1. The summed E-state index contributed by atoms with van der Waals surface area (Å²) in [5.41, 5.74) is -0.544. The van der Waals surface area contributed by atoms with Gasteiger partial charge in [0.15, 0.2) is 17.2 Å². The van der Waals surface area contributed by atoms with Crippen LogP contribution in [0.5, 0.6) is 0 Å². The van der Waals surface area contributed by atoms with E-state index in [4.69, 9.17) is 19.2 Å². The Balaban J connectivity index is 1.39. The van der Waals surface area contributed by atoms with Gasteiger partial charge in [-0.3, -0.25) is 4.68 Å². The van der Waals surface area contributed by atoms with E-state index in [1.54, 1.807) is 66.5 Å². The summed E-state index contributed by atoms with van der Waals surface area (Å²) in [5.74, 6) is 0.981. The van der Waals surface area contributed by atoms with Crippen molar-refractivity contribution in [3.8, 4) is 16.9 Å². The second-order valence-corrected chi connectivity index (χ2v) is 21.6. The number of ether oxygens (including phenoxy) is 3. The topological polar surface area (TPSA) is 118 Å². The molecule has 0 spiro atoms. The monoisotopic (exact) mass is 745 g/mol. The molecule has 0 bridgehead atoms. The number of morpholine rings is 1. The molecule has 52 heavy (non-hydrogen) atoms. The molecule has 13 nitrogen and oxygen atoms in total. The molecule has 0 unspecified atom stereocenters. The number of pyridine rings is 1. The Kier molecular flexibility index (Phi) is 10.5. The third-order valence-corrected chi connectivity index (χ3v) is 11.1. The number of alkyl halides is 3. The lowest BCUT2D eigenvalue weighted by Gasteiger charge is -2.34. The average Bonchev–Trinajstić information content (AvgIpc) is 3.79. The summed E-state index contributed by atoms with van der Waals surface area (Å²) in [5, 5.41) is 14.0. The first-order chi connectivity index (χ1) is 24.4. The number of likely N-dealkylation sites (tertiary alicyclic amines) is 1. The van der Waals surface area contributed by atoms with Crippen molar-refractivity contribution in [2.45, 2.75) is 104 Å². The first-order valence-electron chi connectivity index (χ1n) is 17.9. The van der Waals surface area contributed by atoms with Gasteiger partial charge in [-0.05, 0) is 59.6 Å². The molecule has 0 aromatic carbocycles. The average molecular weight is 746 g/mol. The summed E-state index contributed by atoms with van der Waals surface area (Å²) in [6.07, 6.45) is -0.971. The van der Waals surface area contributed by atoms with Crippen molar-refractivity contribution >= 4 is 31.0 Å². The maximum atomic E-state index is 15.0. The van der Waals surface area contributed by atoms with Gasteiger partial charge in [0.2, 0.25) is 0 Å². The number of aromatic nitrogens is 7. The zero-order chi connectivity index (χ0) is 37.6. The summed E-state index contributed by atoms with van der Waals surface area (Å²) in [7, 11) is -1.25. The van der Waals surface area contributed by atoms with E-state index in [0.717, 1.165) is 6.04 Å². The molecule has 6 rings (SSSR count). The molecule has 0 aliphatic carbocycles. The third kappa shape index (κ3) is 8.30. The Morgan fingerprint density at radius 1 is 1.08 bits per heavy atom. The van der Waals surface area contributed by atoms with Crippen molar-refractivity contribution in [2.24, 2.45) is 0 Å². The number of piperidine rings is 1. The smallest absolute Gasteiger partial charge is 0.435 e. The minimum atomic E-state index is -4.74. The van der Waals surface area contributed by atoms with Crippen LogP contribution in [0.15, 0.2) is 24.5 Å². The number of carbonyl (C=O) groups excluding carboxylic acids is 1. The van der Waals surface area contributed by atoms with Gasteiger partial charge in [-0.2, -0.15) is 33.1 Å².